The number of amides is 2. The van der Waals surface area contributed by atoms with Crippen molar-refractivity contribution in [1.29, 1.82) is 0 Å². The van der Waals surface area contributed by atoms with Crippen molar-refractivity contribution >= 4 is 12.0 Å². The molecule has 0 bridgehead atoms. The maximum atomic E-state index is 11.9. The molecule has 0 spiro atoms. The van der Waals surface area contributed by atoms with Gasteiger partial charge in [-0.25, -0.2) is 4.79 Å². The first-order valence-electron chi connectivity index (χ1n) is 5.74. The van der Waals surface area contributed by atoms with Crippen molar-refractivity contribution in [3.63, 3.8) is 0 Å². The topological polar surface area (TPSA) is 58.6 Å². The van der Waals surface area contributed by atoms with Gasteiger partial charge in [0, 0.05) is 14.1 Å². The molecule has 0 saturated carbocycles. The largest absolute Gasteiger partial charge is 0.440 e. The summed E-state index contributed by atoms with van der Waals surface area (Å²) < 4.78 is 39.6. The molecule has 112 valence electrons. The van der Waals surface area contributed by atoms with Gasteiger partial charge in [0.15, 0.2) is 6.61 Å². The Morgan fingerprint density at radius 1 is 1.26 bits per heavy atom. The molecule has 2 amide bonds. The Morgan fingerprint density at radius 3 is 2.16 bits per heavy atom. The fourth-order valence-corrected chi connectivity index (χ4v) is 1.34. The zero-order valence-electron chi connectivity index (χ0n) is 11.4. The Kier molecular flexibility index (Phi) is 6.64. The van der Waals surface area contributed by atoms with Crippen molar-refractivity contribution < 1.29 is 27.5 Å². The van der Waals surface area contributed by atoms with Crippen LogP contribution in [0.5, 0.6) is 0 Å². The smallest absolute Gasteiger partial charge is 0.422 e. The molecule has 5 nitrogen and oxygen atoms in total. The molecule has 0 aromatic rings. The first-order valence-corrected chi connectivity index (χ1v) is 5.74. The summed E-state index contributed by atoms with van der Waals surface area (Å²) in [6.45, 7) is 1.99. The van der Waals surface area contributed by atoms with Gasteiger partial charge >= 0.3 is 12.3 Å². The van der Waals surface area contributed by atoms with E-state index < -0.39 is 30.8 Å². The molecular formula is C11H19F3N2O3. The molecule has 0 radical (unpaired) electrons. The predicted octanol–water partition coefficient (Wildman–Crippen LogP) is 1.78. The van der Waals surface area contributed by atoms with Crippen LogP contribution in [0.4, 0.5) is 18.0 Å². The summed E-state index contributed by atoms with van der Waals surface area (Å²) >= 11 is 0. The van der Waals surface area contributed by atoms with Gasteiger partial charge < -0.3 is 15.0 Å². The van der Waals surface area contributed by atoms with Gasteiger partial charge in [0.1, 0.15) is 6.04 Å². The van der Waals surface area contributed by atoms with Crippen molar-refractivity contribution in [2.45, 2.75) is 32.5 Å². The summed E-state index contributed by atoms with van der Waals surface area (Å²) in [5.74, 6) is -0.297. The Bertz CT molecular complexity index is 317. The lowest BCUT2D eigenvalue weighted by Gasteiger charge is -2.23. The minimum absolute atomic E-state index is 0.0943. The summed E-state index contributed by atoms with van der Waals surface area (Å²) in [4.78, 5) is 24.2. The van der Waals surface area contributed by atoms with Gasteiger partial charge in [0.05, 0.1) is 0 Å². The number of hydrogen-bond donors (Lipinski definition) is 1. The number of likely N-dealkylation sites (N-methyl/N-ethyl adjacent to an activating group) is 1. The van der Waals surface area contributed by atoms with E-state index in [0.717, 1.165) is 0 Å². The summed E-state index contributed by atoms with van der Waals surface area (Å²) in [5.41, 5.74) is 0. The van der Waals surface area contributed by atoms with Crippen LogP contribution in [0.1, 0.15) is 20.3 Å². The van der Waals surface area contributed by atoms with Gasteiger partial charge in [-0.15, -0.1) is 0 Å². The minimum Gasteiger partial charge on any atom is -0.440 e. The third kappa shape index (κ3) is 8.28. The number of ether oxygens (including phenoxy) is 1. The van der Waals surface area contributed by atoms with E-state index in [-0.39, 0.29) is 5.92 Å². The second-order valence-electron chi connectivity index (χ2n) is 4.75. The molecule has 0 heterocycles. The fourth-order valence-electron chi connectivity index (χ4n) is 1.34. The number of alkyl halides is 3. The average Bonchev–Trinajstić information content (AvgIpc) is 2.22. The monoisotopic (exact) mass is 284 g/mol. The molecule has 1 N–H and O–H groups in total. The number of rotatable bonds is 5. The van der Waals surface area contributed by atoms with Gasteiger partial charge in [-0.05, 0) is 12.3 Å². The molecule has 8 heteroatoms. The lowest BCUT2D eigenvalue weighted by atomic mass is 10.0. The van der Waals surface area contributed by atoms with E-state index in [4.69, 9.17) is 0 Å². The summed E-state index contributed by atoms with van der Waals surface area (Å²) in [6.07, 6.45) is -5.52. The van der Waals surface area contributed by atoms with E-state index in [2.05, 4.69) is 10.1 Å². The Morgan fingerprint density at radius 2 is 1.79 bits per heavy atom. The van der Waals surface area contributed by atoms with Crippen molar-refractivity contribution in [3.8, 4) is 0 Å². The van der Waals surface area contributed by atoms with Crippen LogP contribution in [0, 0.1) is 5.92 Å². The maximum absolute atomic E-state index is 11.9. The van der Waals surface area contributed by atoms with Crippen LogP contribution in [-0.4, -0.2) is 49.8 Å². The van der Waals surface area contributed by atoms with Crippen LogP contribution in [0.15, 0.2) is 0 Å². The van der Waals surface area contributed by atoms with Crippen molar-refractivity contribution in [2.75, 3.05) is 20.7 Å². The lowest BCUT2D eigenvalue weighted by Crippen LogP contribution is -2.47. The van der Waals surface area contributed by atoms with Crippen molar-refractivity contribution in [1.82, 2.24) is 10.2 Å². The van der Waals surface area contributed by atoms with Crippen LogP contribution >= 0.6 is 0 Å². The zero-order chi connectivity index (χ0) is 15.2. The summed E-state index contributed by atoms with van der Waals surface area (Å²) in [6, 6.07) is -0.893. The highest BCUT2D eigenvalue weighted by atomic mass is 19.4. The third-order valence-corrected chi connectivity index (χ3v) is 2.10. The highest BCUT2D eigenvalue weighted by molar-refractivity contribution is 5.85. The first-order chi connectivity index (χ1) is 8.53. The van der Waals surface area contributed by atoms with Gasteiger partial charge in [0.2, 0.25) is 5.91 Å². The molecule has 0 rings (SSSR count). The standard InChI is InChI=1S/C11H19F3N2O3/c1-7(2)5-8(9(17)16(3)4)15-10(18)19-6-11(12,13)14/h7-8H,5-6H2,1-4H3,(H,15,18). The van der Waals surface area contributed by atoms with Crippen LogP contribution in [0.25, 0.3) is 0 Å². The van der Waals surface area contributed by atoms with Gasteiger partial charge in [-0.3, -0.25) is 4.79 Å². The van der Waals surface area contributed by atoms with Gasteiger partial charge in [-0.2, -0.15) is 13.2 Å². The fraction of sp³-hybridized carbons (Fsp3) is 0.818. The number of hydrogen-bond acceptors (Lipinski definition) is 3. The van der Waals surface area contributed by atoms with Crippen LogP contribution in [0.3, 0.4) is 0 Å². The molecule has 0 aromatic heterocycles. The first kappa shape index (κ1) is 17.5. The van der Waals surface area contributed by atoms with E-state index in [1.807, 2.05) is 13.8 Å². The molecular weight excluding hydrogens is 265 g/mol. The number of carbonyl (C=O) groups is 2. The molecule has 0 aromatic carbocycles. The Balaban J connectivity index is 4.47. The molecule has 1 unspecified atom stereocenters. The molecule has 0 saturated heterocycles. The van der Waals surface area contributed by atoms with E-state index in [1.165, 1.54) is 19.0 Å². The molecule has 1 atom stereocenters. The molecule has 0 aliphatic carbocycles. The Hall–Kier alpha value is -1.47. The predicted molar refractivity (Wildman–Crippen MR) is 62.5 cm³/mol. The maximum Gasteiger partial charge on any atom is 0.422 e. The Labute approximate surface area is 110 Å². The molecule has 0 aliphatic heterocycles. The third-order valence-electron chi connectivity index (χ3n) is 2.10. The van der Waals surface area contributed by atoms with Crippen LogP contribution in [0.2, 0.25) is 0 Å². The van der Waals surface area contributed by atoms with Gasteiger partial charge in [-0.1, -0.05) is 13.8 Å². The van der Waals surface area contributed by atoms with Crippen molar-refractivity contribution in [2.24, 2.45) is 5.92 Å². The normalized spacial score (nSPS) is 13.1. The summed E-state index contributed by atoms with van der Waals surface area (Å²) in [5, 5.41) is 2.15. The van der Waals surface area contributed by atoms with E-state index in [1.54, 1.807) is 0 Å². The SMILES string of the molecule is CC(C)CC(NC(=O)OCC(F)(F)F)C(=O)N(C)C. The average molecular weight is 284 g/mol. The second kappa shape index (κ2) is 7.20. The molecule has 0 aliphatic rings. The van der Waals surface area contributed by atoms with Gasteiger partial charge in [0.25, 0.3) is 0 Å². The minimum atomic E-state index is -4.59. The number of carbonyl (C=O) groups excluding carboxylic acids is 2. The zero-order valence-corrected chi connectivity index (χ0v) is 11.4. The van der Waals surface area contributed by atoms with E-state index in [0.29, 0.717) is 6.42 Å². The van der Waals surface area contributed by atoms with E-state index in [9.17, 15) is 22.8 Å². The van der Waals surface area contributed by atoms with E-state index >= 15 is 0 Å². The lowest BCUT2D eigenvalue weighted by molar-refractivity contribution is -0.160. The summed E-state index contributed by atoms with van der Waals surface area (Å²) in [7, 11) is 3.00. The number of nitrogens with zero attached hydrogens (tertiary/aromatic N) is 1. The molecule has 0 fully saturated rings. The quantitative estimate of drug-likeness (QED) is 0.837. The van der Waals surface area contributed by atoms with Crippen molar-refractivity contribution in [3.05, 3.63) is 0 Å². The highest BCUT2D eigenvalue weighted by Gasteiger charge is 2.31. The number of halogens is 3. The number of alkyl carbamates (subject to hydrolysis) is 1. The van der Waals surface area contributed by atoms with Crippen LogP contribution < -0.4 is 5.32 Å². The number of nitrogens with one attached hydrogen (secondary N) is 1. The highest BCUT2D eigenvalue weighted by Crippen LogP contribution is 2.14. The van der Waals surface area contributed by atoms with Crippen LogP contribution in [-0.2, 0) is 9.53 Å². The molecule has 19 heavy (non-hydrogen) atoms. The second-order valence-corrected chi connectivity index (χ2v) is 4.75.